The third kappa shape index (κ3) is 5.32. The van der Waals surface area contributed by atoms with Crippen LogP contribution in [-0.4, -0.2) is 39.2 Å². The number of anilines is 2. The quantitative estimate of drug-likeness (QED) is 0.414. The zero-order valence-electron chi connectivity index (χ0n) is 18.4. The monoisotopic (exact) mass is 481 g/mol. The number of benzene rings is 3. The Hall–Kier alpha value is -3.43. The number of carbonyl (C=O) groups is 1. The fourth-order valence-electron chi connectivity index (χ4n) is 3.35. The summed E-state index contributed by atoms with van der Waals surface area (Å²) in [6.45, 7) is 1.69. The van der Waals surface area contributed by atoms with E-state index in [0.717, 1.165) is 31.3 Å². The fraction of sp³-hybridized carbons (Fsp3) is 0.167. The number of hydrogen-bond acceptors (Lipinski definition) is 6. The molecule has 1 heterocycles. The lowest BCUT2D eigenvalue weighted by Crippen LogP contribution is -2.37. The summed E-state index contributed by atoms with van der Waals surface area (Å²) in [5.41, 5.74) is 4.01. The van der Waals surface area contributed by atoms with E-state index in [1.165, 1.54) is 12.7 Å². The maximum absolute atomic E-state index is 12.6. The second-order valence-corrected chi connectivity index (χ2v) is 10.5. The van der Waals surface area contributed by atoms with Crippen molar-refractivity contribution in [3.05, 3.63) is 72.3 Å². The normalized spacial score (nSPS) is 11.4. The molecule has 4 rings (SSSR count). The number of aromatic nitrogens is 1. The Kier molecular flexibility index (Phi) is 6.35. The molecule has 0 fully saturated rings. The average Bonchev–Trinajstić information content (AvgIpc) is 3.20. The van der Waals surface area contributed by atoms with E-state index in [4.69, 9.17) is 4.74 Å². The van der Waals surface area contributed by atoms with Gasteiger partial charge in [-0.15, -0.1) is 11.3 Å². The predicted molar refractivity (Wildman–Crippen MR) is 134 cm³/mol. The van der Waals surface area contributed by atoms with Crippen molar-refractivity contribution in [2.24, 2.45) is 0 Å². The first-order valence-electron chi connectivity index (χ1n) is 10.1. The van der Waals surface area contributed by atoms with Gasteiger partial charge in [-0.1, -0.05) is 12.1 Å². The minimum atomic E-state index is -3.68. The van der Waals surface area contributed by atoms with Crippen molar-refractivity contribution in [3.8, 4) is 16.3 Å². The highest BCUT2D eigenvalue weighted by Gasteiger charge is 2.21. The average molecular weight is 482 g/mol. The van der Waals surface area contributed by atoms with Crippen LogP contribution in [0.3, 0.4) is 0 Å². The predicted octanol–water partition coefficient (Wildman–Crippen LogP) is 4.69. The van der Waals surface area contributed by atoms with Crippen molar-refractivity contribution in [2.75, 3.05) is 29.5 Å². The summed E-state index contributed by atoms with van der Waals surface area (Å²) in [4.78, 5) is 17.3. The van der Waals surface area contributed by atoms with E-state index in [2.05, 4.69) is 23.3 Å². The van der Waals surface area contributed by atoms with E-state index in [1.807, 2.05) is 24.3 Å². The number of hydrogen-bond donors (Lipinski definition) is 1. The van der Waals surface area contributed by atoms with E-state index < -0.39 is 15.9 Å². The number of nitrogens with zero attached hydrogens (tertiary/aromatic N) is 2. The summed E-state index contributed by atoms with van der Waals surface area (Å²) in [7, 11) is -2.18. The Labute approximate surface area is 196 Å². The third-order valence-electron chi connectivity index (χ3n) is 4.99. The van der Waals surface area contributed by atoms with Gasteiger partial charge in [0.05, 0.1) is 29.3 Å². The number of thiazole rings is 1. The van der Waals surface area contributed by atoms with Crippen molar-refractivity contribution in [2.45, 2.75) is 6.92 Å². The lowest BCUT2D eigenvalue weighted by Gasteiger charge is -2.22. The van der Waals surface area contributed by atoms with Crippen molar-refractivity contribution < 1.29 is 17.9 Å². The van der Waals surface area contributed by atoms with Crippen LogP contribution in [0, 0.1) is 6.92 Å². The molecular weight excluding hydrogens is 458 g/mol. The van der Waals surface area contributed by atoms with Gasteiger partial charge >= 0.3 is 0 Å². The lowest BCUT2D eigenvalue weighted by atomic mass is 10.2. The maximum atomic E-state index is 12.6. The summed E-state index contributed by atoms with van der Waals surface area (Å²) in [5.74, 6) is 0.0496. The molecule has 33 heavy (non-hydrogen) atoms. The molecule has 0 bridgehead atoms. The first-order chi connectivity index (χ1) is 15.7. The van der Waals surface area contributed by atoms with Gasteiger partial charge < -0.3 is 10.1 Å². The number of ether oxygens (including phenoxy) is 1. The molecule has 1 aromatic heterocycles. The van der Waals surface area contributed by atoms with Gasteiger partial charge in [0.2, 0.25) is 15.9 Å². The SMILES string of the molecule is COc1cccc(N(CC(=O)Nc2ccc(-c3nc4ccc(C)cc4s3)cc2)S(C)(=O)=O)c1. The molecule has 0 atom stereocenters. The second kappa shape index (κ2) is 9.21. The molecule has 0 saturated heterocycles. The van der Waals surface area contributed by atoms with Crippen LogP contribution in [-0.2, 0) is 14.8 Å². The molecule has 3 aromatic carbocycles. The minimum Gasteiger partial charge on any atom is -0.497 e. The summed E-state index contributed by atoms with van der Waals surface area (Å²) in [6.07, 6.45) is 1.06. The molecule has 0 saturated carbocycles. The first-order valence-corrected chi connectivity index (χ1v) is 12.8. The van der Waals surface area contributed by atoms with Gasteiger partial charge in [-0.2, -0.15) is 0 Å². The van der Waals surface area contributed by atoms with Crippen LogP contribution in [0.4, 0.5) is 11.4 Å². The van der Waals surface area contributed by atoms with Crippen LogP contribution in [0.5, 0.6) is 5.75 Å². The summed E-state index contributed by atoms with van der Waals surface area (Å²) in [6, 6.07) is 20.1. The summed E-state index contributed by atoms with van der Waals surface area (Å²) < 4.78 is 32.0. The molecular formula is C24H23N3O4S2. The zero-order valence-corrected chi connectivity index (χ0v) is 20.0. The molecule has 0 aliphatic heterocycles. The zero-order chi connectivity index (χ0) is 23.6. The number of rotatable bonds is 7. The number of amides is 1. The van der Waals surface area contributed by atoms with Crippen LogP contribution in [0.15, 0.2) is 66.7 Å². The van der Waals surface area contributed by atoms with Crippen molar-refractivity contribution in [3.63, 3.8) is 0 Å². The summed E-state index contributed by atoms with van der Waals surface area (Å²) in [5, 5.41) is 3.66. The minimum absolute atomic E-state index is 0.355. The highest BCUT2D eigenvalue weighted by atomic mass is 32.2. The van der Waals surface area contributed by atoms with Gasteiger partial charge in [0.1, 0.15) is 17.3 Å². The van der Waals surface area contributed by atoms with Crippen LogP contribution >= 0.6 is 11.3 Å². The van der Waals surface area contributed by atoms with Gasteiger partial charge in [0, 0.05) is 17.3 Å². The highest BCUT2D eigenvalue weighted by Crippen LogP contribution is 2.31. The van der Waals surface area contributed by atoms with Crippen LogP contribution in [0.1, 0.15) is 5.56 Å². The number of nitrogens with one attached hydrogen (secondary N) is 1. The molecule has 0 radical (unpaired) electrons. The molecule has 0 spiro atoms. The molecule has 9 heteroatoms. The first kappa shape index (κ1) is 22.8. The Morgan fingerprint density at radius 2 is 1.85 bits per heavy atom. The number of fused-ring (bicyclic) bond motifs is 1. The Bertz CT molecular complexity index is 1410. The van der Waals surface area contributed by atoms with Crippen LogP contribution in [0.25, 0.3) is 20.8 Å². The van der Waals surface area contributed by atoms with E-state index in [0.29, 0.717) is 17.1 Å². The van der Waals surface area contributed by atoms with Gasteiger partial charge in [-0.25, -0.2) is 13.4 Å². The maximum Gasteiger partial charge on any atom is 0.245 e. The van der Waals surface area contributed by atoms with E-state index in [9.17, 15) is 13.2 Å². The number of methoxy groups -OCH3 is 1. The third-order valence-corrected chi connectivity index (χ3v) is 7.20. The van der Waals surface area contributed by atoms with Gasteiger partial charge in [-0.05, 0) is 61.0 Å². The van der Waals surface area contributed by atoms with Gasteiger partial charge in [0.25, 0.3) is 0 Å². The van der Waals surface area contributed by atoms with E-state index in [-0.39, 0.29) is 6.54 Å². The molecule has 4 aromatic rings. The number of aryl methyl sites for hydroxylation is 1. The molecule has 170 valence electrons. The smallest absolute Gasteiger partial charge is 0.245 e. The highest BCUT2D eigenvalue weighted by molar-refractivity contribution is 7.92. The van der Waals surface area contributed by atoms with E-state index in [1.54, 1.807) is 47.7 Å². The van der Waals surface area contributed by atoms with E-state index >= 15 is 0 Å². The lowest BCUT2D eigenvalue weighted by molar-refractivity contribution is -0.114. The molecule has 7 nitrogen and oxygen atoms in total. The van der Waals surface area contributed by atoms with Crippen LogP contribution in [0.2, 0.25) is 0 Å². The number of sulfonamides is 1. The number of carbonyl (C=O) groups excluding carboxylic acids is 1. The molecule has 0 aliphatic rings. The standard InChI is InChI=1S/C24H23N3O4S2/c1-16-7-12-21-22(13-16)32-24(26-21)17-8-10-18(11-9-17)25-23(28)15-27(33(3,29)30)19-5-4-6-20(14-19)31-2/h4-14H,15H2,1-3H3,(H,25,28). The van der Waals surface area contributed by atoms with Crippen LogP contribution < -0.4 is 14.4 Å². The Balaban J connectivity index is 1.49. The summed E-state index contributed by atoms with van der Waals surface area (Å²) >= 11 is 1.61. The van der Waals surface area contributed by atoms with Crippen molar-refractivity contribution in [1.29, 1.82) is 0 Å². The Morgan fingerprint density at radius 3 is 2.55 bits per heavy atom. The molecule has 1 N–H and O–H groups in total. The fourth-order valence-corrected chi connectivity index (χ4v) is 5.27. The molecule has 0 unspecified atom stereocenters. The molecule has 0 aliphatic carbocycles. The Morgan fingerprint density at radius 1 is 1.09 bits per heavy atom. The van der Waals surface area contributed by atoms with Gasteiger partial charge in [0.15, 0.2) is 0 Å². The molecule has 1 amide bonds. The van der Waals surface area contributed by atoms with Crippen molar-refractivity contribution >= 4 is 48.9 Å². The largest absolute Gasteiger partial charge is 0.497 e. The van der Waals surface area contributed by atoms with Crippen molar-refractivity contribution in [1.82, 2.24) is 4.98 Å². The second-order valence-electron chi connectivity index (χ2n) is 7.59. The van der Waals surface area contributed by atoms with Gasteiger partial charge in [-0.3, -0.25) is 9.10 Å². The topological polar surface area (TPSA) is 88.6 Å².